The molecule has 0 bridgehead atoms. The lowest BCUT2D eigenvalue weighted by molar-refractivity contribution is 0.670. The highest BCUT2D eigenvalue weighted by Crippen LogP contribution is 2.25. The highest BCUT2D eigenvalue weighted by molar-refractivity contribution is 7.10. The normalized spacial score (nSPS) is 10.9. The first-order valence-corrected chi connectivity index (χ1v) is 8.01. The Morgan fingerprint density at radius 3 is 2.76 bits per heavy atom. The molecule has 0 amide bonds. The Labute approximate surface area is 129 Å². The van der Waals surface area contributed by atoms with Crippen molar-refractivity contribution >= 4 is 11.3 Å². The number of nitrogens with zero attached hydrogens (tertiary/aromatic N) is 2. The van der Waals surface area contributed by atoms with Crippen LogP contribution in [0.3, 0.4) is 0 Å². The van der Waals surface area contributed by atoms with Gasteiger partial charge in [0.2, 0.25) is 0 Å². The van der Waals surface area contributed by atoms with Crippen LogP contribution in [-0.2, 0) is 20.0 Å². The van der Waals surface area contributed by atoms with Gasteiger partial charge in [0.25, 0.3) is 0 Å². The van der Waals surface area contributed by atoms with E-state index in [0.717, 1.165) is 25.2 Å². The topological polar surface area (TPSA) is 29.9 Å². The molecule has 0 fully saturated rings. The Balaban J connectivity index is 1.49. The average Bonchev–Trinajstić information content (AvgIpc) is 3.14. The Kier molecular flexibility index (Phi) is 4.48. The summed E-state index contributed by atoms with van der Waals surface area (Å²) in [6.45, 7) is 1.87. The Morgan fingerprint density at radius 1 is 1.14 bits per heavy atom. The van der Waals surface area contributed by atoms with Crippen LogP contribution in [-0.4, -0.2) is 16.3 Å². The van der Waals surface area contributed by atoms with E-state index >= 15 is 0 Å². The van der Waals surface area contributed by atoms with E-state index in [1.807, 2.05) is 29.3 Å². The van der Waals surface area contributed by atoms with Crippen molar-refractivity contribution < 1.29 is 0 Å². The zero-order valence-electron chi connectivity index (χ0n) is 12.1. The molecule has 0 radical (unpaired) electrons. The van der Waals surface area contributed by atoms with Gasteiger partial charge in [-0.1, -0.05) is 30.3 Å². The van der Waals surface area contributed by atoms with Crippen molar-refractivity contribution in [1.82, 2.24) is 15.1 Å². The molecular weight excluding hydrogens is 278 g/mol. The Hall–Kier alpha value is -1.91. The van der Waals surface area contributed by atoms with Gasteiger partial charge in [-0.25, -0.2) is 0 Å². The van der Waals surface area contributed by atoms with Crippen molar-refractivity contribution in [3.63, 3.8) is 0 Å². The number of hydrogen-bond donors (Lipinski definition) is 1. The minimum Gasteiger partial charge on any atom is -0.311 e. The molecule has 1 N–H and O–H groups in total. The lowest BCUT2D eigenvalue weighted by Crippen LogP contribution is -2.16. The number of rotatable bonds is 6. The predicted molar refractivity (Wildman–Crippen MR) is 88.4 cm³/mol. The standard InChI is InChI=1S/C17H19N3S/c1-20-10-8-16(19-20)7-9-18-12-17-11-15(13-21-17)14-5-3-2-4-6-14/h2-6,8,10-11,13,18H,7,9,12H2,1H3. The van der Waals surface area contributed by atoms with Crippen LogP contribution in [0.1, 0.15) is 10.6 Å². The van der Waals surface area contributed by atoms with Crippen molar-refractivity contribution in [2.24, 2.45) is 7.05 Å². The first-order chi connectivity index (χ1) is 10.3. The van der Waals surface area contributed by atoms with E-state index in [4.69, 9.17) is 0 Å². The minimum absolute atomic E-state index is 0.921. The van der Waals surface area contributed by atoms with Crippen molar-refractivity contribution in [2.45, 2.75) is 13.0 Å². The van der Waals surface area contributed by atoms with E-state index in [2.05, 4.69) is 58.3 Å². The van der Waals surface area contributed by atoms with Crippen LogP contribution in [0.15, 0.2) is 54.0 Å². The summed E-state index contributed by atoms with van der Waals surface area (Å²) in [7, 11) is 1.95. The maximum atomic E-state index is 4.38. The summed E-state index contributed by atoms with van der Waals surface area (Å²) in [5, 5.41) is 10.1. The second kappa shape index (κ2) is 6.70. The van der Waals surface area contributed by atoms with Gasteiger partial charge in [0, 0.05) is 37.6 Å². The molecule has 0 unspecified atom stereocenters. The molecule has 1 aromatic carbocycles. The van der Waals surface area contributed by atoms with Gasteiger partial charge >= 0.3 is 0 Å². The van der Waals surface area contributed by atoms with Crippen molar-refractivity contribution in [2.75, 3.05) is 6.54 Å². The molecule has 2 heterocycles. The molecule has 3 rings (SSSR count). The van der Waals surface area contributed by atoms with Crippen LogP contribution >= 0.6 is 11.3 Å². The first kappa shape index (κ1) is 14.0. The fraction of sp³-hybridized carbons (Fsp3) is 0.235. The van der Waals surface area contributed by atoms with Crippen LogP contribution in [0.4, 0.5) is 0 Å². The smallest absolute Gasteiger partial charge is 0.0637 e. The highest BCUT2D eigenvalue weighted by Gasteiger charge is 2.02. The van der Waals surface area contributed by atoms with Crippen molar-refractivity contribution in [3.05, 3.63) is 64.6 Å². The molecule has 108 valence electrons. The summed E-state index contributed by atoms with van der Waals surface area (Å²) in [5.41, 5.74) is 3.73. The summed E-state index contributed by atoms with van der Waals surface area (Å²) >= 11 is 1.81. The number of benzene rings is 1. The third-order valence-corrected chi connectivity index (χ3v) is 4.32. The maximum Gasteiger partial charge on any atom is 0.0637 e. The third kappa shape index (κ3) is 3.80. The zero-order valence-corrected chi connectivity index (χ0v) is 12.9. The predicted octanol–water partition coefficient (Wildman–Crippen LogP) is 3.48. The summed E-state index contributed by atoms with van der Waals surface area (Å²) in [5.74, 6) is 0. The highest BCUT2D eigenvalue weighted by atomic mass is 32.1. The second-order valence-corrected chi connectivity index (χ2v) is 6.07. The summed E-state index contributed by atoms with van der Waals surface area (Å²) in [4.78, 5) is 1.37. The number of hydrogen-bond acceptors (Lipinski definition) is 3. The van der Waals surface area contributed by atoms with E-state index < -0.39 is 0 Å². The molecule has 0 saturated heterocycles. The van der Waals surface area contributed by atoms with E-state index in [-0.39, 0.29) is 0 Å². The summed E-state index contributed by atoms with van der Waals surface area (Å²) < 4.78 is 1.85. The van der Waals surface area contributed by atoms with Crippen LogP contribution in [0.5, 0.6) is 0 Å². The first-order valence-electron chi connectivity index (χ1n) is 7.13. The van der Waals surface area contributed by atoms with Crippen molar-refractivity contribution in [3.8, 4) is 11.1 Å². The molecular formula is C17H19N3S. The third-order valence-electron chi connectivity index (χ3n) is 3.39. The number of nitrogens with one attached hydrogen (secondary N) is 1. The van der Waals surface area contributed by atoms with Gasteiger partial charge in [0.1, 0.15) is 0 Å². The number of aromatic nitrogens is 2. The van der Waals surface area contributed by atoms with E-state index in [1.54, 1.807) is 0 Å². The van der Waals surface area contributed by atoms with Crippen LogP contribution in [0.25, 0.3) is 11.1 Å². The molecule has 21 heavy (non-hydrogen) atoms. The minimum atomic E-state index is 0.921. The van der Waals surface area contributed by atoms with Gasteiger partial charge in [-0.15, -0.1) is 11.3 Å². The maximum absolute atomic E-state index is 4.38. The Morgan fingerprint density at radius 2 is 2.00 bits per heavy atom. The zero-order chi connectivity index (χ0) is 14.5. The van der Waals surface area contributed by atoms with Crippen molar-refractivity contribution in [1.29, 1.82) is 0 Å². The van der Waals surface area contributed by atoms with Crippen LogP contribution < -0.4 is 5.32 Å². The molecule has 4 heteroatoms. The fourth-order valence-corrected chi connectivity index (χ4v) is 3.14. The average molecular weight is 297 g/mol. The largest absolute Gasteiger partial charge is 0.311 e. The van der Waals surface area contributed by atoms with E-state index in [9.17, 15) is 0 Å². The van der Waals surface area contributed by atoms with Crippen LogP contribution in [0.2, 0.25) is 0 Å². The van der Waals surface area contributed by atoms with Gasteiger partial charge in [-0.2, -0.15) is 5.10 Å². The summed E-state index contributed by atoms with van der Waals surface area (Å²) in [6.07, 6.45) is 2.96. The van der Waals surface area contributed by atoms with Crippen LogP contribution in [0, 0.1) is 0 Å². The molecule has 0 aliphatic carbocycles. The summed E-state index contributed by atoms with van der Waals surface area (Å²) in [6, 6.07) is 14.9. The molecule has 2 aromatic heterocycles. The second-order valence-electron chi connectivity index (χ2n) is 5.08. The quantitative estimate of drug-likeness (QED) is 0.706. The van der Waals surface area contributed by atoms with Gasteiger partial charge in [-0.05, 0) is 28.6 Å². The lowest BCUT2D eigenvalue weighted by Gasteiger charge is -2.01. The molecule has 0 saturated carbocycles. The van der Waals surface area contributed by atoms with Gasteiger partial charge < -0.3 is 5.32 Å². The molecule has 0 aliphatic heterocycles. The molecule has 3 nitrogen and oxygen atoms in total. The lowest BCUT2D eigenvalue weighted by atomic mass is 10.1. The van der Waals surface area contributed by atoms with E-state index in [0.29, 0.717) is 0 Å². The number of thiophene rings is 1. The SMILES string of the molecule is Cn1ccc(CCNCc2cc(-c3ccccc3)cs2)n1. The van der Waals surface area contributed by atoms with Gasteiger partial charge in [0.15, 0.2) is 0 Å². The molecule has 0 spiro atoms. The van der Waals surface area contributed by atoms with Gasteiger partial charge in [0.05, 0.1) is 5.69 Å². The molecule has 3 aromatic rings. The molecule has 0 atom stereocenters. The monoisotopic (exact) mass is 297 g/mol. The van der Waals surface area contributed by atoms with Gasteiger partial charge in [-0.3, -0.25) is 4.68 Å². The Bertz CT molecular complexity index is 685. The van der Waals surface area contributed by atoms with E-state index in [1.165, 1.54) is 16.0 Å². The fourth-order valence-electron chi connectivity index (χ4n) is 2.28. The molecule has 0 aliphatic rings. The number of aryl methyl sites for hydroxylation is 1.